The summed E-state index contributed by atoms with van der Waals surface area (Å²) in [4.78, 5) is 16.5. The van der Waals surface area contributed by atoms with Crippen molar-refractivity contribution < 1.29 is 9.90 Å². The lowest BCUT2D eigenvalue weighted by molar-refractivity contribution is -0.123. The summed E-state index contributed by atoms with van der Waals surface area (Å²) < 4.78 is 0. The summed E-state index contributed by atoms with van der Waals surface area (Å²) in [6, 6.07) is 9.61. The molecule has 1 amide bonds. The normalized spacial score (nSPS) is 18.8. The molecule has 110 valence electrons. The number of hydrogen-bond acceptors (Lipinski definition) is 3. The molecule has 0 saturated carbocycles. The van der Waals surface area contributed by atoms with Crippen molar-refractivity contribution in [3.8, 4) is 0 Å². The van der Waals surface area contributed by atoms with Gasteiger partial charge in [0.05, 0.1) is 6.04 Å². The molecular weight excluding hydrogens is 252 g/mol. The number of hydrogen-bond donors (Lipinski definition) is 1. The van der Waals surface area contributed by atoms with Gasteiger partial charge in [-0.2, -0.15) is 0 Å². The Hall–Kier alpha value is -1.39. The van der Waals surface area contributed by atoms with E-state index in [2.05, 4.69) is 4.90 Å². The van der Waals surface area contributed by atoms with Crippen LogP contribution in [0.15, 0.2) is 30.3 Å². The first kappa shape index (κ1) is 15.0. The van der Waals surface area contributed by atoms with E-state index in [4.69, 9.17) is 5.11 Å². The first-order valence-corrected chi connectivity index (χ1v) is 7.31. The van der Waals surface area contributed by atoms with Crippen LogP contribution in [0, 0.1) is 5.92 Å². The van der Waals surface area contributed by atoms with E-state index >= 15 is 0 Å². The van der Waals surface area contributed by atoms with Gasteiger partial charge in [-0.1, -0.05) is 18.2 Å². The van der Waals surface area contributed by atoms with Crippen molar-refractivity contribution in [3.05, 3.63) is 30.3 Å². The van der Waals surface area contributed by atoms with Crippen LogP contribution in [0.25, 0.3) is 0 Å². The second-order valence-corrected chi connectivity index (χ2v) is 5.57. The predicted molar refractivity (Wildman–Crippen MR) is 80.7 cm³/mol. The highest BCUT2D eigenvalue weighted by Crippen LogP contribution is 2.20. The van der Waals surface area contributed by atoms with Gasteiger partial charge in [0.25, 0.3) is 0 Å². The van der Waals surface area contributed by atoms with E-state index < -0.39 is 0 Å². The van der Waals surface area contributed by atoms with Crippen LogP contribution in [0.3, 0.4) is 0 Å². The maximum Gasteiger partial charge on any atom is 0.243 e. The van der Waals surface area contributed by atoms with Gasteiger partial charge >= 0.3 is 0 Å². The van der Waals surface area contributed by atoms with Gasteiger partial charge < -0.3 is 10.0 Å². The number of benzene rings is 1. The zero-order valence-corrected chi connectivity index (χ0v) is 12.3. The van der Waals surface area contributed by atoms with Crippen LogP contribution in [-0.2, 0) is 4.79 Å². The van der Waals surface area contributed by atoms with Crippen LogP contribution in [-0.4, -0.2) is 48.7 Å². The molecule has 1 aromatic carbocycles. The molecule has 1 heterocycles. The van der Waals surface area contributed by atoms with Gasteiger partial charge in [0.1, 0.15) is 0 Å². The smallest absolute Gasteiger partial charge is 0.243 e. The fourth-order valence-corrected chi connectivity index (χ4v) is 2.74. The fraction of sp³-hybridized carbons (Fsp3) is 0.562. The average Bonchev–Trinajstić information content (AvgIpc) is 2.53. The zero-order valence-electron chi connectivity index (χ0n) is 12.3. The molecule has 1 atom stereocenters. The van der Waals surface area contributed by atoms with E-state index in [1.54, 1.807) is 4.90 Å². The first-order chi connectivity index (χ1) is 9.63. The summed E-state index contributed by atoms with van der Waals surface area (Å²) in [5.41, 5.74) is 0.926. The number of amides is 1. The summed E-state index contributed by atoms with van der Waals surface area (Å²) in [7, 11) is 1.83. The molecule has 1 aliphatic rings. The van der Waals surface area contributed by atoms with Crippen molar-refractivity contribution in [2.45, 2.75) is 25.8 Å². The maximum atomic E-state index is 12.5. The lowest BCUT2D eigenvalue weighted by atomic mass is 9.96. The van der Waals surface area contributed by atoms with E-state index in [1.807, 2.05) is 44.3 Å². The quantitative estimate of drug-likeness (QED) is 0.911. The Morgan fingerprint density at radius 2 is 1.95 bits per heavy atom. The number of likely N-dealkylation sites (N-methyl/N-ethyl adjacent to an activating group) is 1. The largest absolute Gasteiger partial charge is 0.396 e. The highest BCUT2D eigenvalue weighted by Gasteiger charge is 2.28. The van der Waals surface area contributed by atoms with Crippen molar-refractivity contribution >= 4 is 11.6 Å². The van der Waals surface area contributed by atoms with Gasteiger partial charge in [-0.15, -0.1) is 0 Å². The summed E-state index contributed by atoms with van der Waals surface area (Å²) in [6.07, 6.45) is 1.95. The molecule has 0 aromatic heterocycles. The van der Waals surface area contributed by atoms with Crippen molar-refractivity contribution in [1.29, 1.82) is 0 Å². The summed E-state index contributed by atoms with van der Waals surface area (Å²) in [5, 5.41) is 9.17. The van der Waals surface area contributed by atoms with Crippen molar-refractivity contribution in [2.24, 2.45) is 5.92 Å². The number of aliphatic hydroxyl groups is 1. The summed E-state index contributed by atoms with van der Waals surface area (Å²) in [5.74, 6) is 0.527. The Balaban J connectivity index is 1.95. The molecule has 4 nitrogen and oxygen atoms in total. The summed E-state index contributed by atoms with van der Waals surface area (Å²) >= 11 is 0. The maximum absolute atomic E-state index is 12.5. The molecule has 0 aliphatic carbocycles. The standard InChI is InChI=1S/C16H24N2O2/c1-13(18-10-8-14(12-19)9-11-18)16(20)17(2)15-6-4-3-5-7-15/h3-7,13-14,19H,8-12H2,1-2H3. The second-order valence-electron chi connectivity index (χ2n) is 5.57. The molecule has 2 rings (SSSR count). The third-order valence-electron chi connectivity index (χ3n) is 4.29. The molecule has 1 saturated heterocycles. The Morgan fingerprint density at radius 1 is 1.35 bits per heavy atom. The van der Waals surface area contributed by atoms with E-state index in [0.29, 0.717) is 5.92 Å². The van der Waals surface area contributed by atoms with Crippen LogP contribution in [0.2, 0.25) is 0 Å². The van der Waals surface area contributed by atoms with Crippen molar-refractivity contribution in [3.63, 3.8) is 0 Å². The number of rotatable bonds is 4. The van der Waals surface area contributed by atoms with E-state index in [9.17, 15) is 4.79 Å². The molecule has 1 aliphatic heterocycles. The summed E-state index contributed by atoms with van der Waals surface area (Å²) in [6.45, 7) is 4.02. The molecule has 0 radical (unpaired) electrons. The lowest BCUT2D eigenvalue weighted by Crippen LogP contribution is -2.49. The Labute approximate surface area is 121 Å². The molecule has 0 spiro atoms. The van der Waals surface area contributed by atoms with E-state index in [0.717, 1.165) is 31.6 Å². The molecular formula is C16H24N2O2. The third-order valence-corrected chi connectivity index (χ3v) is 4.29. The number of anilines is 1. The zero-order chi connectivity index (χ0) is 14.5. The highest BCUT2D eigenvalue weighted by atomic mass is 16.3. The van der Waals surface area contributed by atoms with Gasteiger partial charge in [0.15, 0.2) is 0 Å². The first-order valence-electron chi connectivity index (χ1n) is 7.31. The van der Waals surface area contributed by atoms with Gasteiger partial charge in [0.2, 0.25) is 5.91 Å². The molecule has 4 heteroatoms. The van der Waals surface area contributed by atoms with Gasteiger partial charge in [-0.05, 0) is 50.9 Å². The Morgan fingerprint density at radius 3 is 2.50 bits per heavy atom. The number of carbonyl (C=O) groups excluding carboxylic acids is 1. The van der Waals surface area contributed by atoms with Crippen molar-refractivity contribution in [2.75, 3.05) is 31.6 Å². The highest BCUT2D eigenvalue weighted by molar-refractivity contribution is 5.96. The number of piperidine rings is 1. The second kappa shape index (κ2) is 6.86. The van der Waals surface area contributed by atoms with Gasteiger partial charge in [-0.25, -0.2) is 0 Å². The van der Waals surface area contributed by atoms with Crippen LogP contribution in [0.5, 0.6) is 0 Å². The fourth-order valence-electron chi connectivity index (χ4n) is 2.74. The topological polar surface area (TPSA) is 43.8 Å². The van der Waals surface area contributed by atoms with Gasteiger partial charge in [0, 0.05) is 19.3 Å². The van der Waals surface area contributed by atoms with E-state index in [-0.39, 0.29) is 18.6 Å². The minimum atomic E-state index is -0.111. The minimum absolute atomic E-state index is 0.111. The van der Waals surface area contributed by atoms with Crippen molar-refractivity contribution in [1.82, 2.24) is 4.90 Å². The van der Waals surface area contributed by atoms with Crippen LogP contribution >= 0.6 is 0 Å². The number of likely N-dealkylation sites (tertiary alicyclic amines) is 1. The van der Waals surface area contributed by atoms with Gasteiger partial charge in [-0.3, -0.25) is 9.69 Å². The predicted octanol–water partition coefficient (Wildman–Crippen LogP) is 1.74. The lowest BCUT2D eigenvalue weighted by Gasteiger charge is -2.36. The molecule has 1 aromatic rings. The Kier molecular flexibility index (Phi) is 5.15. The number of aliphatic hydroxyl groups excluding tert-OH is 1. The molecule has 1 fully saturated rings. The Bertz CT molecular complexity index is 427. The number of carbonyl (C=O) groups is 1. The number of para-hydroxylation sites is 1. The number of nitrogens with zero attached hydrogens (tertiary/aromatic N) is 2. The van der Waals surface area contributed by atoms with Crippen LogP contribution < -0.4 is 4.90 Å². The van der Waals surface area contributed by atoms with Crippen LogP contribution in [0.1, 0.15) is 19.8 Å². The van der Waals surface area contributed by atoms with Crippen LogP contribution in [0.4, 0.5) is 5.69 Å². The third kappa shape index (κ3) is 3.38. The monoisotopic (exact) mass is 276 g/mol. The van der Waals surface area contributed by atoms with E-state index in [1.165, 1.54) is 0 Å². The molecule has 0 bridgehead atoms. The average molecular weight is 276 g/mol. The molecule has 1 N–H and O–H groups in total. The molecule has 1 unspecified atom stereocenters. The minimum Gasteiger partial charge on any atom is -0.396 e. The molecule has 20 heavy (non-hydrogen) atoms. The SMILES string of the molecule is CC(C(=O)N(C)c1ccccc1)N1CCC(CO)CC1.